The SMILES string of the molecule is Cc1nn(-c2ccccc2)c(N2CCC(C(=O)NC3CC3)CC2)c1NC(=O)C(C)C. The topological polar surface area (TPSA) is 79.3 Å². The van der Waals surface area contributed by atoms with Crippen LogP contribution in [0, 0.1) is 18.8 Å². The van der Waals surface area contributed by atoms with E-state index in [4.69, 9.17) is 5.10 Å². The van der Waals surface area contributed by atoms with Gasteiger partial charge in [0.25, 0.3) is 0 Å². The van der Waals surface area contributed by atoms with E-state index in [1.165, 1.54) is 0 Å². The second kappa shape index (κ2) is 8.50. The lowest BCUT2D eigenvalue weighted by atomic mass is 9.95. The average molecular weight is 410 g/mol. The first-order valence-electron chi connectivity index (χ1n) is 10.9. The number of para-hydroxylation sites is 1. The molecule has 0 radical (unpaired) electrons. The molecule has 1 aliphatic heterocycles. The Kier molecular flexibility index (Phi) is 5.79. The van der Waals surface area contributed by atoms with Crippen molar-refractivity contribution in [3.8, 4) is 5.69 Å². The number of nitrogens with one attached hydrogen (secondary N) is 2. The molecule has 1 aromatic heterocycles. The number of anilines is 2. The van der Waals surface area contributed by atoms with Crippen LogP contribution in [0.2, 0.25) is 0 Å². The van der Waals surface area contributed by atoms with Gasteiger partial charge >= 0.3 is 0 Å². The van der Waals surface area contributed by atoms with Crippen molar-refractivity contribution >= 4 is 23.3 Å². The van der Waals surface area contributed by atoms with Crippen LogP contribution in [0.1, 0.15) is 45.2 Å². The molecule has 7 nitrogen and oxygen atoms in total. The van der Waals surface area contributed by atoms with E-state index in [-0.39, 0.29) is 23.7 Å². The lowest BCUT2D eigenvalue weighted by Crippen LogP contribution is -2.42. The monoisotopic (exact) mass is 409 g/mol. The first kappa shape index (κ1) is 20.4. The molecule has 2 fully saturated rings. The third-order valence-electron chi connectivity index (χ3n) is 5.90. The number of carbonyl (C=O) groups excluding carboxylic acids is 2. The Bertz CT molecular complexity index is 909. The summed E-state index contributed by atoms with van der Waals surface area (Å²) in [6.07, 6.45) is 3.82. The molecule has 4 rings (SSSR count). The molecule has 1 saturated heterocycles. The highest BCUT2D eigenvalue weighted by Gasteiger charge is 2.32. The summed E-state index contributed by atoms with van der Waals surface area (Å²) in [5.74, 6) is 1.01. The Balaban J connectivity index is 1.60. The first-order valence-corrected chi connectivity index (χ1v) is 10.9. The van der Waals surface area contributed by atoms with Gasteiger partial charge in [0.05, 0.1) is 11.4 Å². The third-order valence-corrected chi connectivity index (χ3v) is 5.90. The molecular formula is C23H31N5O2. The van der Waals surface area contributed by atoms with Gasteiger partial charge in [0.1, 0.15) is 5.69 Å². The van der Waals surface area contributed by atoms with Gasteiger partial charge in [-0.3, -0.25) is 9.59 Å². The number of aromatic nitrogens is 2. The minimum absolute atomic E-state index is 0.0225. The Morgan fingerprint density at radius 1 is 1.07 bits per heavy atom. The third kappa shape index (κ3) is 4.35. The summed E-state index contributed by atoms with van der Waals surface area (Å²) in [4.78, 5) is 27.2. The van der Waals surface area contributed by atoms with Crippen LogP contribution in [0.4, 0.5) is 11.5 Å². The predicted molar refractivity (Wildman–Crippen MR) is 118 cm³/mol. The molecule has 7 heteroatoms. The molecule has 0 unspecified atom stereocenters. The standard InChI is InChI=1S/C23H31N5O2/c1-15(2)21(29)25-20-16(3)26-28(19-7-5-4-6-8-19)23(20)27-13-11-17(12-14-27)22(30)24-18-9-10-18/h4-8,15,17-18H,9-14H2,1-3H3,(H,24,30)(H,25,29). The number of nitrogens with zero attached hydrogens (tertiary/aromatic N) is 3. The molecule has 1 aliphatic carbocycles. The zero-order valence-corrected chi connectivity index (χ0v) is 18.0. The number of aryl methyl sites for hydroxylation is 1. The van der Waals surface area contributed by atoms with Crippen LogP contribution >= 0.6 is 0 Å². The van der Waals surface area contributed by atoms with Crippen molar-refractivity contribution in [3.05, 3.63) is 36.0 Å². The maximum absolute atomic E-state index is 12.5. The van der Waals surface area contributed by atoms with Gasteiger partial charge in [0.15, 0.2) is 5.82 Å². The summed E-state index contributed by atoms with van der Waals surface area (Å²) >= 11 is 0. The highest BCUT2D eigenvalue weighted by Crippen LogP contribution is 2.35. The summed E-state index contributed by atoms with van der Waals surface area (Å²) in [6.45, 7) is 7.21. The highest BCUT2D eigenvalue weighted by molar-refractivity contribution is 5.96. The molecule has 1 aromatic carbocycles. The smallest absolute Gasteiger partial charge is 0.227 e. The van der Waals surface area contributed by atoms with Crippen LogP contribution in [-0.4, -0.2) is 40.7 Å². The number of carbonyl (C=O) groups is 2. The number of piperidine rings is 1. The van der Waals surface area contributed by atoms with E-state index in [1.54, 1.807) is 0 Å². The fraction of sp³-hybridized carbons (Fsp3) is 0.522. The summed E-state index contributed by atoms with van der Waals surface area (Å²) in [5.41, 5.74) is 2.50. The zero-order chi connectivity index (χ0) is 21.3. The van der Waals surface area contributed by atoms with E-state index in [0.29, 0.717) is 6.04 Å². The lowest BCUT2D eigenvalue weighted by molar-refractivity contribution is -0.125. The number of hydrogen-bond acceptors (Lipinski definition) is 4. The number of hydrogen-bond donors (Lipinski definition) is 2. The fourth-order valence-electron chi connectivity index (χ4n) is 3.87. The molecule has 2 N–H and O–H groups in total. The zero-order valence-electron chi connectivity index (χ0n) is 18.0. The Morgan fingerprint density at radius 2 is 1.73 bits per heavy atom. The molecule has 1 saturated carbocycles. The summed E-state index contributed by atoms with van der Waals surface area (Å²) in [7, 11) is 0. The van der Waals surface area contributed by atoms with Gasteiger partial charge in [-0.05, 0) is 44.7 Å². The van der Waals surface area contributed by atoms with Crippen molar-refractivity contribution in [1.82, 2.24) is 15.1 Å². The van der Waals surface area contributed by atoms with Crippen molar-refractivity contribution in [2.75, 3.05) is 23.3 Å². The minimum atomic E-state index is -0.116. The second-order valence-electron chi connectivity index (χ2n) is 8.72. The van der Waals surface area contributed by atoms with Gasteiger partial charge in [-0.2, -0.15) is 5.10 Å². The van der Waals surface area contributed by atoms with E-state index >= 15 is 0 Å². The van der Waals surface area contributed by atoms with E-state index in [2.05, 4.69) is 15.5 Å². The molecule has 30 heavy (non-hydrogen) atoms. The normalized spacial score (nSPS) is 17.3. The fourth-order valence-corrected chi connectivity index (χ4v) is 3.87. The van der Waals surface area contributed by atoms with Crippen molar-refractivity contribution in [1.29, 1.82) is 0 Å². The van der Waals surface area contributed by atoms with Gasteiger partial charge in [0.2, 0.25) is 11.8 Å². The van der Waals surface area contributed by atoms with Crippen LogP contribution in [0.25, 0.3) is 5.69 Å². The molecule has 160 valence electrons. The van der Waals surface area contributed by atoms with Crippen LogP contribution in [0.15, 0.2) is 30.3 Å². The molecule has 0 spiro atoms. The van der Waals surface area contributed by atoms with E-state index < -0.39 is 0 Å². The molecule has 0 atom stereocenters. The minimum Gasteiger partial charge on any atom is -0.355 e. The van der Waals surface area contributed by atoms with Crippen molar-refractivity contribution in [3.63, 3.8) is 0 Å². The predicted octanol–water partition coefficient (Wildman–Crippen LogP) is 3.27. The maximum Gasteiger partial charge on any atom is 0.227 e. The molecule has 2 aromatic rings. The second-order valence-corrected chi connectivity index (χ2v) is 8.72. The summed E-state index contributed by atoms with van der Waals surface area (Å²) in [6, 6.07) is 10.4. The van der Waals surface area contributed by atoms with E-state index in [1.807, 2.05) is 55.8 Å². The molecule has 2 aliphatic rings. The van der Waals surface area contributed by atoms with Crippen LogP contribution in [0.5, 0.6) is 0 Å². The van der Waals surface area contributed by atoms with Gasteiger partial charge in [0, 0.05) is 31.0 Å². The number of amides is 2. The van der Waals surface area contributed by atoms with Gasteiger partial charge in [-0.1, -0.05) is 32.0 Å². The highest BCUT2D eigenvalue weighted by atomic mass is 16.2. The lowest BCUT2D eigenvalue weighted by Gasteiger charge is -2.33. The first-order chi connectivity index (χ1) is 14.4. The van der Waals surface area contributed by atoms with Gasteiger partial charge < -0.3 is 15.5 Å². The van der Waals surface area contributed by atoms with Crippen LogP contribution in [0.3, 0.4) is 0 Å². The number of rotatable bonds is 6. The van der Waals surface area contributed by atoms with Gasteiger partial charge in [-0.25, -0.2) is 4.68 Å². The van der Waals surface area contributed by atoms with E-state index in [0.717, 1.165) is 61.7 Å². The average Bonchev–Trinajstić information content (AvgIpc) is 3.51. The largest absolute Gasteiger partial charge is 0.355 e. The van der Waals surface area contributed by atoms with Crippen molar-refractivity contribution < 1.29 is 9.59 Å². The quantitative estimate of drug-likeness (QED) is 0.767. The molecular weight excluding hydrogens is 378 g/mol. The molecule has 2 amide bonds. The molecule has 2 heterocycles. The van der Waals surface area contributed by atoms with Crippen molar-refractivity contribution in [2.24, 2.45) is 11.8 Å². The molecule has 0 bridgehead atoms. The summed E-state index contributed by atoms with van der Waals surface area (Å²) < 4.78 is 1.91. The Labute approximate surface area is 177 Å². The maximum atomic E-state index is 12.5. The van der Waals surface area contributed by atoms with Crippen LogP contribution < -0.4 is 15.5 Å². The number of benzene rings is 1. The van der Waals surface area contributed by atoms with Gasteiger partial charge in [-0.15, -0.1) is 0 Å². The summed E-state index contributed by atoms with van der Waals surface area (Å²) in [5, 5.41) is 11.0. The Hall–Kier alpha value is -2.83. The van der Waals surface area contributed by atoms with Crippen molar-refractivity contribution in [2.45, 2.75) is 52.5 Å². The van der Waals surface area contributed by atoms with E-state index in [9.17, 15) is 9.59 Å². The van der Waals surface area contributed by atoms with Crippen LogP contribution in [-0.2, 0) is 9.59 Å². The Morgan fingerprint density at radius 3 is 2.33 bits per heavy atom.